The van der Waals surface area contributed by atoms with Crippen LogP contribution in [0.3, 0.4) is 0 Å². The highest BCUT2D eigenvalue weighted by Crippen LogP contribution is 2.32. The molecular weight excluding hydrogens is 404 g/mol. The third-order valence-corrected chi connectivity index (χ3v) is 5.35. The number of anilines is 1. The fraction of sp³-hybridized carbons (Fsp3) is 0.292. The Morgan fingerprint density at radius 2 is 1.75 bits per heavy atom. The molecule has 4 N–H and O–H groups in total. The first-order valence-electron chi connectivity index (χ1n) is 10.5. The van der Waals surface area contributed by atoms with Crippen molar-refractivity contribution in [2.75, 3.05) is 18.8 Å². The number of hydrogen-bond acceptors (Lipinski definition) is 6. The predicted molar refractivity (Wildman–Crippen MR) is 124 cm³/mol. The average Bonchev–Trinajstić information content (AvgIpc) is 3.14. The number of rotatable bonds is 9. The van der Waals surface area contributed by atoms with E-state index in [2.05, 4.69) is 11.3 Å². The van der Waals surface area contributed by atoms with Gasteiger partial charge in [-0.3, -0.25) is 4.79 Å². The highest BCUT2D eigenvalue weighted by Gasteiger charge is 2.25. The van der Waals surface area contributed by atoms with Crippen LogP contribution in [0.4, 0.5) is 5.82 Å². The van der Waals surface area contributed by atoms with Gasteiger partial charge < -0.3 is 21.1 Å². The van der Waals surface area contributed by atoms with Gasteiger partial charge in [0.05, 0.1) is 12.6 Å². The Balaban J connectivity index is 1.93. The van der Waals surface area contributed by atoms with Crippen molar-refractivity contribution in [3.63, 3.8) is 0 Å². The van der Waals surface area contributed by atoms with E-state index in [1.165, 1.54) is 0 Å². The standard InChI is InChI=1S/C24H28N6O2/c1-4-18(14-29(5-2)15-25)30-23(26)21(24(27)31)22(28-30)17-8-12-20(13-9-17)32-19-10-6-16(3)7-11-19/h6-13,18H,4-5,14,26H2,1-3H3,(H2,27,31). The Kier molecular flexibility index (Phi) is 7.00. The van der Waals surface area contributed by atoms with Crippen LogP contribution in [0.2, 0.25) is 0 Å². The molecule has 32 heavy (non-hydrogen) atoms. The molecule has 1 atom stereocenters. The summed E-state index contributed by atoms with van der Waals surface area (Å²) >= 11 is 0. The van der Waals surface area contributed by atoms with E-state index >= 15 is 0 Å². The Morgan fingerprint density at radius 3 is 2.25 bits per heavy atom. The van der Waals surface area contributed by atoms with Gasteiger partial charge in [-0.2, -0.15) is 10.4 Å². The molecule has 0 aliphatic carbocycles. The third-order valence-electron chi connectivity index (χ3n) is 5.35. The van der Waals surface area contributed by atoms with Crippen molar-refractivity contribution in [3.05, 3.63) is 59.7 Å². The summed E-state index contributed by atoms with van der Waals surface area (Å²) in [5, 5.41) is 13.9. The number of likely N-dealkylation sites (N-methyl/N-ethyl adjacent to an activating group) is 1. The molecule has 2 aromatic carbocycles. The van der Waals surface area contributed by atoms with E-state index in [9.17, 15) is 10.1 Å². The molecule has 8 heteroatoms. The van der Waals surface area contributed by atoms with E-state index in [1.807, 2.05) is 57.2 Å². The van der Waals surface area contributed by atoms with Crippen LogP contribution in [0.25, 0.3) is 11.3 Å². The van der Waals surface area contributed by atoms with Crippen LogP contribution >= 0.6 is 0 Å². The Morgan fingerprint density at radius 1 is 1.16 bits per heavy atom. The van der Waals surface area contributed by atoms with Gasteiger partial charge in [0.15, 0.2) is 6.19 Å². The van der Waals surface area contributed by atoms with Gasteiger partial charge in [-0.25, -0.2) is 4.68 Å². The highest BCUT2D eigenvalue weighted by atomic mass is 16.5. The van der Waals surface area contributed by atoms with E-state index in [0.717, 1.165) is 11.3 Å². The van der Waals surface area contributed by atoms with Crippen molar-refractivity contribution in [1.29, 1.82) is 5.26 Å². The first-order chi connectivity index (χ1) is 15.4. The van der Waals surface area contributed by atoms with Gasteiger partial charge in [-0.1, -0.05) is 24.6 Å². The largest absolute Gasteiger partial charge is 0.457 e. The summed E-state index contributed by atoms with van der Waals surface area (Å²) in [5.74, 6) is 0.947. The summed E-state index contributed by atoms with van der Waals surface area (Å²) in [6.07, 6.45) is 2.84. The van der Waals surface area contributed by atoms with E-state index in [4.69, 9.17) is 16.2 Å². The Hall–Kier alpha value is -3.99. The fourth-order valence-corrected chi connectivity index (χ4v) is 3.47. The Labute approximate surface area is 188 Å². The highest BCUT2D eigenvalue weighted by molar-refractivity contribution is 6.03. The summed E-state index contributed by atoms with van der Waals surface area (Å²) in [4.78, 5) is 13.8. The van der Waals surface area contributed by atoms with Crippen LogP contribution in [-0.4, -0.2) is 33.7 Å². The monoisotopic (exact) mass is 432 g/mol. The molecule has 0 saturated carbocycles. The number of benzene rings is 2. The maximum absolute atomic E-state index is 12.2. The number of nitrogen functional groups attached to an aromatic ring is 1. The van der Waals surface area contributed by atoms with Crippen LogP contribution in [0.15, 0.2) is 48.5 Å². The van der Waals surface area contributed by atoms with E-state index < -0.39 is 5.91 Å². The molecule has 3 aromatic rings. The number of amides is 1. The molecule has 1 unspecified atom stereocenters. The molecule has 3 rings (SSSR count). The normalized spacial score (nSPS) is 11.6. The van der Waals surface area contributed by atoms with Gasteiger partial charge in [0.1, 0.15) is 28.6 Å². The summed E-state index contributed by atoms with van der Waals surface area (Å²) < 4.78 is 7.48. The lowest BCUT2D eigenvalue weighted by molar-refractivity contribution is 0.100. The minimum atomic E-state index is -0.647. The number of primary amides is 1. The lowest BCUT2D eigenvalue weighted by Crippen LogP contribution is -2.28. The molecule has 1 amide bonds. The second kappa shape index (κ2) is 9.88. The van der Waals surface area contributed by atoms with Gasteiger partial charge in [-0.05, 0) is 56.7 Å². The van der Waals surface area contributed by atoms with Crippen molar-refractivity contribution in [3.8, 4) is 28.9 Å². The summed E-state index contributed by atoms with van der Waals surface area (Å²) in [6, 6.07) is 14.8. The molecule has 8 nitrogen and oxygen atoms in total. The van der Waals surface area contributed by atoms with E-state index in [1.54, 1.807) is 21.7 Å². The minimum absolute atomic E-state index is 0.175. The van der Waals surface area contributed by atoms with Crippen molar-refractivity contribution >= 4 is 11.7 Å². The molecule has 0 saturated heterocycles. The molecule has 0 fully saturated rings. The molecular formula is C24H28N6O2. The summed E-state index contributed by atoms with van der Waals surface area (Å²) in [5.41, 5.74) is 14.4. The molecule has 0 aliphatic rings. The van der Waals surface area contributed by atoms with Crippen molar-refractivity contribution in [2.24, 2.45) is 5.73 Å². The smallest absolute Gasteiger partial charge is 0.254 e. The topological polar surface area (TPSA) is 123 Å². The number of ether oxygens (including phenoxy) is 1. The number of nitriles is 1. The SMILES string of the molecule is CCC(CN(C#N)CC)n1nc(-c2ccc(Oc3ccc(C)cc3)cc2)c(C(N)=O)c1N. The number of carbonyl (C=O) groups excluding carboxylic acids is 1. The van der Waals surface area contributed by atoms with Gasteiger partial charge in [-0.15, -0.1) is 0 Å². The third kappa shape index (κ3) is 4.83. The van der Waals surface area contributed by atoms with Crippen LogP contribution in [0.5, 0.6) is 11.5 Å². The fourth-order valence-electron chi connectivity index (χ4n) is 3.47. The molecule has 0 spiro atoms. The maximum atomic E-state index is 12.2. The summed E-state index contributed by atoms with van der Waals surface area (Å²) in [6.45, 7) is 6.92. The van der Waals surface area contributed by atoms with Crippen LogP contribution in [0.1, 0.15) is 42.2 Å². The molecule has 1 heterocycles. The zero-order valence-electron chi connectivity index (χ0n) is 18.6. The number of carbonyl (C=O) groups is 1. The van der Waals surface area contributed by atoms with E-state index in [-0.39, 0.29) is 17.4 Å². The van der Waals surface area contributed by atoms with Crippen LogP contribution in [0, 0.1) is 18.4 Å². The Bertz CT molecular complexity index is 1110. The van der Waals surface area contributed by atoms with Gasteiger partial charge in [0.2, 0.25) is 0 Å². The molecule has 1 aromatic heterocycles. The quantitative estimate of drug-likeness (QED) is 0.388. The predicted octanol–water partition coefficient (Wildman–Crippen LogP) is 4.09. The lowest BCUT2D eigenvalue weighted by Gasteiger charge is -2.22. The minimum Gasteiger partial charge on any atom is -0.457 e. The molecule has 166 valence electrons. The number of aromatic nitrogens is 2. The molecule has 0 radical (unpaired) electrons. The second-order valence-electron chi connectivity index (χ2n) is 7.56. The van der Waals surface area contributed by atoms with Crippen LogP contribution < -0.4 is 16.2 Å². The number of nitrogens with two attached hydrogens (primary N) is 2. The van der Waals surface area contributed by atoms with E-state index in [0.29, 0.717) is 36.5 Å². The molecule has 0 aliphatic heterocycles. The average molecular weight is 433 g/mol. The van der Waals surface area contributed by atoms with Gasteiger partial charge >= 0.3 is 0 Å². The van der Waals surface area contributed by atoms with Gasteiger partial charge in [0, 0.05) is 12.1 Å². The van der Waals surface area contributed by atoms with Gasteiger partial charge in [0.25, 0.3) is 5.91 Å². The second-order valence-corrected chi connectivity index (χ2v) is 7.56. The first kappa shape index (κ1) is 22.7. The number of aryl methyl sites for hydroxylation is 1. The van der Waals surface area contributed by atoms with Crippen LogP contribution in [-0.2, 0) is 0 Å². The lowest BCUT2D eigenvalue weighted by atomic mass is 10.1. The van der Waals surface area contributed by atoms with Crippen molar-refractivity contribution in [2.45, 2.75) is 33.2 Å². The van der Waals surface area contributed by atoms with Crippen molar-refractivity contribution < 1.29 is 9.53 Å². The first-order valence-corrected chi connectivity index (χ1v) is 10.5. The maximum Gasteiger partial charge on any atom is 0.254 e. The zero-order chi connectivity index (χ0) is 23.3. The zero-order valence-corrected chi connectivity index (χ0v) is 18.6. The summed E-state index contributed by atoms with van der Waals surface area (Å²) in [7, 11) is 0. The number of nitrogens with zero attached hydrogens (tertiary/aromatic N) is 4. The number of hydrogen-bond donors (Lipinski definition) is 2. The van der Waals surface area contributed by atoms with Crippen molar-refractivity contribution in [1.82, 2.24) is 14.7 Å². The molecule has 0 bridgehead atoms.